The molecule has 1 N–H and O–H groups in total. The van der Waals surface area contributed by atoms with Crippen LogP contribution in [0, 0.1) is 0 Å². The van der Waals surface area contributed by atoms with Crippen molar-refractivity contribution in [3.05, 3.63) is 59.7 Å². The summed E-state index contributed by atoms with van der Waals surface area (Å²) in [5.74, 6) is 0.233. The molecule has 2 rings (SSSR count). The topological polar surface area (TPSA) is 55.8 Å². The number of benzene rings is 2. The summed E-state index contributed by atoms with van der Waals surface area (Å²) in [7, 11) is 3.10. The van der Waals surface area contributed by atoms with Gasteiger partial charge in [0.05, 0.1) is 19.8 Å². The number of methoxy groups -OCH3 is 2. The molecule has 0 aliphatic carbocycles. The minimum atomic E-state index is -0.994. The zero-order chi connectivity index (χ0) is 15.2. The summed E-state index contributed by atoms with van der Waals surface area (Å²) in [5.41, 5.74) is 1.48. The Morgan fingerprint density at radius 1 is 1.05 bits per heavy atom. The highest BCUT2D eigenvalue weighted by Gasteiger charge is 2.12. The van der Waals surface area contributed by atoms with Crippen molar-refractivity contribution in [2.75, 3.05) is 14.2 Å². The van der Waals surface area contributed by atoms with Crippen molar-refractivity contribution in [2.24, 2.45) is 0 Å². The zero-order valence-corrected chi connectivity index (χ0v) is 11.9. The van der Waals surface area contributed by atoms with E-state index < -0.39 is 5.97 Å². The smallest absolute Gasteiger partial charge is 0.336 e. The van der Waals surface area contributed by atoms with Crippen molar-refractivity contribution in [1.82, 2.24) is 0 Å². The number of carboxylic acids is 1. The average Bonchev–Trinajstić information content (AvgIpc) is 2.52. The summed E-state index contributed by atoms with van der Waals surface area (Å²) in [6.07, 6.45) is 1.58. The summed E-state index contributed by atoms with van der Waals surface area (Å²) >= 11 is 0. The molecular weight excluding hydrogens is 268 g/mol. The van der Waals surface area contributed by atoms with Gasteiger partial charge in [-0.05, 0) is 29.8 Å². The van der Waals surface area contributed by atoms with Crippen LogP contribution in [0.2, 0.25) is 0 Å². The second-order valence-electron chi connectivity index (χ2n) is 4.34. The van der Waals surface area contributed by atoms with Crippen LogP contribution in [-0.2, 0) is 4.79 Å². The average molecular weight is 284 g/mol. The Morgan fingerprint density at radius 3 is 2.33 bits per heavy atom. The highest BCUT2D eigenvalue weighted by Crippen LogP contribution is 2.28. The molecule has 2 aromatic carbocycles. The highest BCUT2D eigenvalue weighted by atomic mass is 16.5. The van der Waals surface area contributed by atoms with E-state index in [-0.39, 0.29) is 5.57 Å². The largest absolute Gasteiger partial charge is 0.497 e. The standard InChI is InChI=1S/C17H16O4/c1-20-14-8-9-16(21-2)13(10-14)11-15(17(18)19)12-6-4-3-5-7-12/h3-11H,1-2H3,(H,18,19)/b15-11-. The number of rotatable bonds is 5. The van der Waals surface area contributed by atoms with Crippen molar-refractivity contribution in [2.45, 2.75) is 0 Å². The highest BCUT2D eigenvalue weighted by molar-refractivity contribution is 6.20. The Labute approximate surface area is 123 Å². The Balaban J connectivity index is 2.55. The molecule has 0 bridgehead atoms. The van der Waals surface area contributed by atoms with Crippen LogP contribution in [0.1, 0.15) is 11.1 Å². The van der Waals surface area contributed by atoms with Crippen LogP contribution in [-0.4, -0.2) is 25.3 Å². The first-order valence-corrected chi connectivity index (χ1v) is 6.38. The van der Waals surface area contributed by atoms with E-state index in [2.05, 4.69) is 0 Å². The Kier molecular flexibility index (Phi) is 4.61. The van der Waals surface area contributed by atoms with Gasteiger partial charge in [0, 0.05) is 5.56 Å². The van der Waals surface area contributed by atoms with E-state index in [1.165, 1.54) is 0 Å². The third-order valence-corrected chi connectivity index (χ3v) is 3.05. The van der Waals surface area contributed by atoms with E-state index in [4.69, 9.17) is 9.47 Å². The van der Waals surface area contributed by atoms with Gasteiger partial charge in [0.15, 0.2) is 0 Å². The Morgan fingerprint density at radius 2 is 1.76 bits per heavy atom. The maximum absolute atomic E-state index is 11.5. The van der Waals surface area contributed by atoms with E-state index in [0.29, 0.717) is 22.6 Å². The minimum absolute atomic E-state index is 0.196. The summed E-state index contributed by atoms with van der Waals surface area (Å²) < 4.78 is 10.4. The van der Waals surface area contributed by atoms with Crippen molar-refractivity contribution >= 4 is 17.6 Å². The molecule has 0 atom stereocenters. The summed E-state index contributed by atoms with van der Waals surface area (Å²) in [6.45, 7) is 0. The van der Waals surface area contributed by atoms with Crippen LogP contribution in [0.4, 0.5) is 0 Å². The molecule has 0 amide bonds. The summed E-state index contributed by atoms with van der Waals surface area (Å²) in [4.78, 5) is 11.5. The molecule has 4 nitrogen and oxygen atoms in total. The molecule has 4 heteroatoms. The number of carboxylic acid groups (broad SMARTS) is 1. The monoisotopic (exact) mass is 284 g/mol. The predicted molar refractivity (Wildman–Crippen MR) is 81.5 cm³/mol. The SMILES string of the molecule is COc1ccc(OC)c(/C=C(\C(=O)O)c2ccccc2)c1. The van der Waals surface area contributed by atoms with Crippen molar-refractivity contribution in [3.63, 3.8) is 0 Å². The van der Waals surface area contributed by atoms with Crippen LogP contribution in [0.3, 0.4) is 0 Å². The van der Waals surface area contributed by atoms with Gasteiger partial charge < -0.3 is 14.6 Å². The van der Waals surface area contributed by atoms with Crippen LogP contribution < -0.4 is 9.47 Å². The van der Waals surface area contributed by atoms with Crippen LogP contribution in [0.15, 0.2) is 48.5 Å². The van der Waals surface area contributed by atoms with E-state index in [1.54, 1.807) is 62.8 Å². The van der Waals surface area contributed by atoms with Gasteiger partial charge in [-0.3, -0.25) is 0 Å². The van der Waals surface area contributed by atoms with Crippen molar-refractivity contribution in [1.29, 1.82) is 0 Å². The fourth-order valence-corrected chi connectivity index (χ4v) is 1.99. The minimum Gasteiger partial charge on any atom is -0.497 e. The van der Waals surface area contributed by atoms with Gasteiger partial charge >= 0.3 is 5.97 Å². The van der Waals surface area contributed by atoms with Gasteiger partial charge in [0.2, 0.25) is 0 Å². The third kappa shape index (κ3) is 3.42. The van der Waals surface area contributed by atoms with Crippen LogP contribution >= 0.6 is 0 Å². The van der Waals surface area contributed by atoms with Gasteiger partial charge in [-0.1, -0.05) is 30.3 Å². The van der Waals surface area contributed by atoms with Crippen molar-refractivity contribution < 1.29 is 19.4 Å². The molecule has 21 heavy (non-hydrogen) atoms. The molecule has 2 aromatic rings. The molecule has 0 aliphatic rings. The number of hydrogen-bond donors (Lipinski definition) is 1. The lowest BCUT2D eigenvalue weighted by Crippen LogP contribution is -2.00. The molecule has 108 valence electrons. The molecule has 0 unspecified atom stereocenters. The zero-order valence-electron chi connectivity index (χ0n) is 11.9. The molecule has 0 saturated heterocycles. The van der Waals surface area contributed by atoms with Crippen molar-refractivity contribution in [3.8, 4) is 11.5 Å². The number of carbonyl (C=O) groups is 1. The molecule has 0 spiro atoms. The second kappa shape index (κ2) is 6.61. The number of hydrogen-bond acceptors (Lipinski definition) is 3. The summed E-state index contributed by atoms with van der Waals surface area (Å²) in [6, 6.07) is 14.2. The molecule has 0 aromatic heterocycles. The van der Waals surface area contributed by atoms with Gasteiger partial charge in [0.25, 0.3) is 0 Å². The normalized spacial score (nSPS) is 11.0. The van der Waals surface area contributed by atoms with Gasteiger partial charge in [-0.15, -0.1) is 0 Å². The van der Waals surface area contributed by atoms with E-state index >= 15 is 0 Å². The molecule has 0 radical (unpaired) electrons. The first-order chi connectivity index (χ1) is 10.2. The lowest BCUT2D eigenvalue weighted by molar-refractivity contribution is -0.130. The number of aliphatic carboxylic acids is 1. The second-order valence-corrected chi connectivity index (χ2v) is 4.34. The van der Waals surface area contributed by atoms with E-state index in [0.717, 1.165) is 0 Å². The van der Waals surface area contributed by atoms with E-state index in [1.807, 2.05) is 6.07 Å². The fraction of sp³-hybridized carbons (Fsp3) is 0.118. The molecule has 0 aliphatic heterocycles. The quantitative estimate of drug-likeness (QED) is 0.676. The fourth-order valence-electron chi connectivity index (χ4n) is 1.99. The lowest BCUT2D eigenvalue weighted by Gasteiger charge is -2.09. The van der Waals surface area contributed by atoms with Gasteiger partial charge in [0.1, 0.15) is 11.5 Å². The number of ether oxygens (including phenoxy) is 2. The Bertz CT molecular complexity index is 660. The molecule has 0 saturated carbocycles. The molecule has 0 heterocycles. The predicted octanol–water partition coefficient (Wildman–Crippen LogP) is 3.33. The third-order valence-electron chi connectivity index (χ3n) is 3.05. The first-order valence-electron chi connectivity index (χ1n) is 6.38. The van der Waals surface area contributed by atoms with E-state index in [9.17, 15) is 9.90 Å². The maximum atomic E-state index is 11.5. The van der Waals surface area contributed by atoms with Gasteiger partial charge in [-0.25, -0.2) is 4.79 Å². The van der Waals surface area contributed by atoms with Crippen LogP contribution in [0.5, 0.6) is 11.5 Å². The van der Waals surface area contributed by atoms with Crippen LogP contribution in [0.25, 0.3) is 11.6 Å². The maximum Gasteiger partial charge on any atom is 0.336 e. The lowest BCUT2D eigenvalue weighted by atomic mass is 10.0. The molecule has 0 fully saturated rings. The van der Waals surface area contributed by atoms with Gasteiger partial charge in [-0.2, -0.15) is 0 Å². The summed E-state index contributed by atoms with van der Waals surface area (Å²) in [5, 5.41) is 9.44. The first kappa shape index (κ1) is 14.7. The molecular formula is C17H16O4. The Hall–Kier alpha value is -2.75.